The van der Waals surface area contributed by atoms with Gasteiger partial charge in [-0.05, 0) is 44.2 Å². The molecule has 1 atom stereocenters. The molecule has 11 heteroatoms. The molecule has 41 heavy (non-hydrogen) atoms. The van der Waals surface area contributed by atoms with E-state index in [1.54, 1.807) is 18.0 Å². The highest BCUT2D eigenvalue weighted by molar-refractivity contribution is 7.22. The molecule has 6 rings (SSSR count). The highest BCUT2D eigenvalue weighted by Gasteiger charge is 2.47. The summed E-state index contributed by atoms with van der Waals surface area (Å²) < 4.78 is 25.3. The van der Waals surface area contributed by atoms with Gasteiger partial charge in [-0.3, -0.25) is 14.3 Å². The molecule has 4 heterocycles. The van der Waals surface area contributed by atoms with Crippen molar-refractivity contribution in [3.05, 3.63) is 63.8 Å². The Labute approximate surface area is 240 Å². The van der Waals surface area contributed by atoms with Gasteiger partial charge in [0.2, 0.25) is 11.3 Å². The van der Waals surface area contributed by atoms with Crippen molar-refractivity contribution in [2.45, 2.75) is 69.6 Å². The lowest BCUT2D eigenvalue weighted by molar-refractivity contribution is -0.143. The molecule has 3 aromatic heterocycles. The van der Waals surface area contributed by atoms with E-state index >= 15 is 0 Å². The first kappa shape index (κ1) is 27.6. The van der Waals surface area contributed by atoms with Gasteiger partial charge in [0.15, 0.2) is 0 Å². The zero-order chi connectivity index (χ0) is 28.6. The van der Waals surface area contributed by atoms with Crippen LogP contribution in [0.5, 0.6) is 5.75 Å². The molecule has 216 valence electrons. The number of methoxy groups -OCH3 is 1. The summed E-state index contributed by atoms with van der Waals surface area (Å²) in [5.74, 6) is 0.0819. The summed E-state index contributed by atoms with van der Waals surface area (Å²) in [4.78, 5) is 32.5. The zero-order valence-corrected chi connectivity index (χ0v) is 23.9. The van der Waals surface area contributed by atoms with Gasteiger partial charge < -0.3 is 23.7 Å². The number of oxazole rings is 1. The molecule has 2 aliphatic rings. The topological polar surface area (TPSA) is 126 Å². The standard InChI is InChI=1S/C30H33N3O7S/c1-18-23-24(34)26(30(29(35)36)11-5-6-12-30)32-33(28(23)41-25(18)27-31-13-16-39-27)17-22(40-19-9-14-38-15-10-19)20-7-3-4-8-21(20)37-2/h3-4,7-8,13,16,19,22H,5-6,9-12,14-15,17H2,1-2H3,(H,35,36)/t22-/m0/s1. The van der Waals surface area contributed by atoms with Crippen LogP contribution < -0.4 is 10.2 Å². The molecule has 1 saturated carbocycles. The molecule has 4 aromatic rings. The van der Waals surface area contributed by atoms with Crippen molar-refractivity contribution in [1.82, 2.24) is 14.8 Å². The third-order valence-electron chi connectivity index (χ3n) is 8.32. The number of aromatic nitrogens is 3. The van der Waals surface area contributed by atoms with Crippen LogP contribution in [0.4, 0.5) is 0 Å². The first-order valence-electron chi connectivity index (χ1n) is 14.0. The van der Waals surface area contributed by atoms with Crippen LogP contribution in [0.3, 0.4) is 0 Å². The highest BCUT2D eigenvalue weighted by Crippen LogP contribution is 2.42. The maximum absolute atomic E-state index is 14.1. The van der Waals surface area contributed by atoms with Gasteiger partial charge in [-0.25, -0.2) is 4.98 Å². The molecule has 1 saturated heterocycles. The average molecular weight is 580 g/mol. The number of nitrogens with zero attached hydrogens (tertiary/aromatic N) is 3. The lowest BCUT2D eigenvalue weighted by Crippen LogP contribution is -2.40. The summed E-state index contributed by atoms with van der Waals surface area (Å²) in [5.41, 5.74) is -0.0308. The van der Waals surface area contributed by atoms with Gasteiger partial charge >= 0.3 is 5.97 Å². The molecule has 0 spiro atoms. The summed E-state index contributed by atoms with van der Waals surface area (Å²) in [6.45, 7) is 3.35. The van der Waals surface area contributed by atoms with E-state index in [0.717, 1.165) is 31.2 Å². The number of carboxylic acid groups (broad SMARTS) is 1. The molecule has 1 N–H and O–H groups in total. The molecule has 1 aliphatic heterocycles. The number of hydrogen-bond donors (Lipinski definition) is 1. The summed E-state index contributed by atoms with van der Waals surface area (Å²) in [5, 5.41) is 15.7. The van der Waals surface area contributed by atoms with Gasteiger partial charge in [-0.1, -0.05) is 31.0 Å². The summed E-state index contributed by atoms with van der Waals surface area (Å²) >= 11 is 1.36. The Kier molecular flexibility index (Phi) is 7.67. The largest absolute Gasteiger partial charge is 0.496 e. The second-order valence-electron chi connectivity index (χ2n) is 10.7. The second-order valence-corrected chi connectivity index (χ2v) is 11.7. The number of carbonyl (C=O) groups is 1. The molecule has 2 fully saturated rings. The molecule has 1 aliphatic carbocycles. The number of rotatable bonds is 9. The minimum Gasteiger partial charge on any atom is -0.496 e. The van der Waals surface area contributed by atoms with Crippen LogP contribution >= 0.6 is 11.3 Å². The lowest BCUT2D eigenvalue weighted by Gasteiger charge is -2.30. The molecule has 0 radical (unpaired) electrons. The quantitative estimate of drug-likeness (QED) is 0.282. The van der Waals surface area contributed by atoms with Crippen molar-refractivity contribution < 1.29 is 28.5 Å². The van der Waals surface area contributed by atoms with Crippen LogP contribution in [0.1, 0.15) is 61.4 Å². The number of hydrogen-bond acceptors (Lipinski definition) is 9. The van der Waals surface area contributed by atoms with Gasteiger partial charge in [-0.15, -0.1) is 11.3 Å². The Hall–Kier alpha value is -3.54. The number of aliphatic carboxylic acids is 1. The fourth-order valence-electron chi connectivity index (χ4n) is 6.13. The summed E-state index contributed by atoms with van der Waals surface area (Å²) in [6.07, 6.45) is 6.29. The normalized spacial score (nSPS) is 18.1. The molecule has 1 aromatic carbocycles. The van der Waals surface area contributed by atoms with Crippen molar-refractivity contribution in [3.8, 4) is 16.5 Å². The van der Waals surface area contributed by atoms with Gasteiger partial charge in [0.1, 0.15) is 34.1 Å². The fraction of sp³-hybridized carbons (Fsp3) is 0.467. The van der Waals surface area contributed by atoms with Crippen LogP contribution in [0.2, 0.25) is 0 Å². The molecular weight excluding hydrogens is 546 g/mol. The van der Waals surface area contributed by atoms with E-state index in [1.165, 1.54) is 17.6 Å². The Bertz CT molecular complexity index is 1600. The minimum atomic E-state index is -1.33. The zero-order valence-electron chi connectivity index (χ0n) is 23.1. The van der Waals surface area contributed by atoms with Crippen molar-refractivity contribution in [3.63, 3.8) is 0 Å². The van der Waals surface area contributed by atoms with E-state index in [0.29, 0.717) is 58.4 Å². The SMILES string of the molecule is COc1ccccc1[C@H](Cn1nc(C2(C(=O)O)CCCC2)c(=O)c2c(C)c(-c3ncco3)sc21)OC1CCOCC1. The van der Waals surface area contributed by atoms with Gasteiger partial charge in [0.25, 0.3) is 0 Å². The predicted molar refractivity (Wildman–Crippen MR) is 153 cm³/mol. The van der Waals surface area contributed by atoms with Crippen LogP contribution in [0, 0.1) is 6.92 Å². The number of para-hydroxylation sites is 1. The number of aryl methyl sites for hydroxylation is 1. The van der Waals surface area contributed by atoms with E-state index < -0.39 is 17.5 Å². The monoisotopic (exact) mass is 579 g/mol. The van der Waals surface area contributed by atoms with Gasteiger partial charge in [-0.2, -0.15) is 5.10 Å². The first-order valence-corrected chi connectivity index (χ1v) is 14.8. The molecular formula is C30H33N3O7S. The molecule has 0 unspecified atom stereocenters. The lowest BCUT2D eigenvalue weighted by atomic mass is 9.82. The maximum Gasteiger partial charge on any atom is 0.315 e. The Morgan fingerprint density at radius 2 is 2.00 bits per heavy atom. The van der Waals surface area contributed by atoms with E-state index in [-0.39, 0.29) is 23.8 Å². The maximum atomic E-state index is 14.1. The van der Waals surface area contributed by atoms with E-state index in [9.17, 15) is 14.7 Å². The predicted octanol–water partition coefficient (Wildman–Crippen LogP) is 5.26. The van der Waals surface area contributed by atoms with Crippen LogP contribution in [-0.4, -0.2) is 52.3 Å². The second kappa shape index (κ2) is 11.4. The third-order valence-corrected chi connectivity index (χ3v) is 9.61. The highest BCUT2D eigenvalue weighted by atomic mass is 32.1. The summed E-state index contributed by atoms with van der Waals surface area (Å²) in [6, 6.07) is 7.70. The summed E-state index contributed by atoms with van der Waals surface area (Å²) in [7, 11) is 1.63. The number of benzene rings is 1. The van der Waals surface area contributed by atoms with Gasteiger partial charge in [0.05, 0.1) is 36.2 Å². The van der Waals surface area contributed by atoms with Crippen molar-refractivity contribution in [2.75, 3.05) is 20.3 Å². The molecule has 0 bridgehead atoms. The number of ether oxygens (including phenoxy) is 3. The van der Waals surface area contributed by atoms with Crippen molar-refractivity contribution >= 4 is 27.5 Å². The fourth-order valence-corrected chi connectivity index (χ4v) is 7.34. The van der Waals surface area contributed by atoms with E-state index in [1.807, 2.05) is 31.2 Å². The Balaban J connectivity index is 1.55. The van der Waals surface area contributed by atoms with Gasteiger partial charge in [0, 0.05) is 18.8 Å². The smallest absolute Gasteiger partial charge is 0.315 e. The van der Waals surface area contributed by atoms with Crippen LogP contribution in [0.15, 0.2) is 45.9 Å². The number of thiophene rings is 1. The van der Waals surface area contributed by atoms with E-state index in [4.69, 9.17) is 23.7 Å². The first-order chi connectivity index (χ1) is 19.9. The van der Waals surface area contributed by atoms with E-state index in [2.05, 4.69) is 4.98 Å². The molecule has 10 nitrogen and oxygen atoms in total. The minimum absolute atomic E-state index is 0.0267. The van der Waals surface area contributed by atoms with Crippen molar-refractivity contribution in [1.29, 1.82) is 0 Å². The average Bonchev–Trinajstić information content (AvgIpc) is 3.76. The number of fused-ring (bicyclic) bond motifs is 1. The van der Waals surface area contributed by atoms with Crippen LogP contribution in [-0.2, 0) is 26.2 Å². The number of carboxylic acids is 1. The third kappa shape index (κ3) is 4.96. The van der Waals surface area contributed by atoms with Crippen molar-refractivity contribution in [2.24, 2.45) is 0 Å². The Morgan fingerprint density at radius 3 is 2.68 bits per heavy atom. The Morgan fingerprint density at radius 1 is 1.24 bits per heavy atom. The van der Waals surface area contributed by atoms with Crippen LogP contribution in [0.25, 0.3) is 21.0 Å². The molecule has 0 amide bonds.